The first-order valence-electron chi connectivity index (χ1n) is 3.25. The third-order valence-corrected chi connectivity index (χ3v) is 2.31. The van der Waals surface area contributed by atoms with Gasteiger partial charge in [0.15, 0.2) is 10.6 Å². The van der Waals surface area contributed by atoms with Crippen molar-refractivity contribution in [1.29, 1.82) is 5.41 Å². The average molecular weight is 238 g/mol. The maximum Gasteiger partial charge on any atom is 0.330 e. The highest BCUT2D eigenvalue weighted by molar-refractivity contribution is 7.86. The number of nitrogens with one attached hydrogen (secondary N) is 2. The van der Waals surface area contributed by atoms with Gasteiger partial charge < -0.3 is 9.72 Å². The number of H-pyrrole nitrogens is 1. The summed E-state index contributed by atoms with van der Waals surface area (Å²) in [7, 11) is -4.37. The summed E-state index contributed by atoms with van der Waals surface area (Å²) in [6.45, 7) is 0. The molecule has 0 aliphatic carbocycles. The molecule has 1 aromatic heterocycles. The van der Waals surface area contributed by atoms with Crippen LogP contribution in [0.15, 0.2) is 5.38 Å². The maximum atomic E-state index is 10.8. The van der Waals surface area contributed by atoms with Gasteiger partial charge in [0.1, 0.15) is 0 Å². The first-order valence-corrected chi connectivity index (χ1v) is 5.74. The van der Waals surface area contributed by atoms with Gasteiger partial charge in [-0.3, -0.25) is 14.8 Å². The molecule has 0 amide bonds. The number of aromatic amines is 1. The molecule has 0 saturated carbocycles. The largest absolute Gasteiger partial charge is 0.408 e. The second kappa shape index (κ2) is 3.90. The van der Waals surface area contributed by atoms with Gasteiger partial charge in [-0.25, -0.2) is 0 Å². The number of aromatic nitrogens is 1. The first-order chi connectivity index (χ1) is 6.37. The summed E-state index contributed by atoms with van der Waals surface area (Å²) in [6, 6.07) is 0. The summed E-state index contributed by atoms with van der Waals surface area (Å²) >= 11 is 0.986. The zero-order chi connectivity index (χ0) is 10.8. The van der Waals surface area contributed by atoms with Crippen molar-refractivity contribution in [2.75, 3.05) is 5.75 Å². The van der Waals surface area contributed by atoms with Gasteiger partial charge >= 0.3 is 5.97 Å². The molecule has 1 heterocycles. The number of carbonyl (C=O) groups excluding carboxylic acids is 1. The van der Waals surface area contributed by atoms with E-state index in [2.05, 4.69) is 9.72 Å². The Balaban J connectivity index is 2.63. The van der Waals surface area contributed by atoms with E-state index >= 15 is 0 Å². The molecule has 0 radical (unpaired) electrons. The van der Waals surface area contributed by atoms with Crippen molar-refractivity contribution in [1.82, 2.24) is 4.98 Å². The number of ether oxygens (including phenoxy) is 1. The van der Waals surface area contributed by atoms with Gasteiger partial charge in [-0.2, -0.15) is 8.42 Å². The van der Waals surface area contributed by atoms with E-state index in [9.17, 15) is 13.2 Å². The van der Waals surface area contributed by atoms with Crippen LogP contribution in [0.3, 0.4) is 0 Å². The van der Waals surface area contributed by atoms with Crippen molar-refractivity contribution in [3.63, 3.8) is 0 Å². The summed E-state index contributed by atoms with van der Waals surface area (Å²) in [5.74, 6) is -2.24. The van der Waals surface area contributed by atoms with Crippen molar-refractivity contribution in [2.45, 2.75) is 0 Å². The van der Waals surface area contributed by atoms with Gasteiger partial charge in [0, 0.05) is 0 Å². The summed E-state index contributed by atoms with van der Waals surface area (Å²) in [5.41, 5.74) is 0. The van der Waals surface area contributed by atoms with E-state index in [1.54, 1.807) is 0 Å². The van der Waals surface area contributed by atoms with Crippen molar-refractivity contribution in [3.8, 4) is 5.88 Å². The Hall–Kier alpha value is -1.19. The van der Waals surface area contributed by atoms with Crippen molar-refractivity contribution in [2.24, 2.45) is 0 Å². The van der Waals surface area contributed by atoms with E-state index in [4.69, 9.17) is 9.96 Å². The Labute approximate surface area is 82.6 Å². The topological polar surface area (TPSA) is 120 Å². The molecule has 0 aliphatic heterocycles. The van der Waals surface area contributed by atoms with Crippen molar-refractivity contribution in [3.05, 3.63) is 10.2 Å². The normalized spacial score (nSPS) is 11.2. The van der Waals surface area contributed by atoms with Crippen LogP contribution < -0.4 is 9.54 Å². The van der Waals surface area contributed by atoms with Crippen LogP contribution in [0.5, 0.6) is 5.88 Å². The van der Waals surface area contributed by atoms with Crippen LogP contribution in [0.25, 0.3) is 0 Å². The Kier molecular flexibility index (Phi) is 3.03. The molecular formula is C5H6N2O5S2. The Morgan fingerprint density at radius 1 is 1.71 bits per heavy atom. The van der Waals surface area contributed by atoms with Gasteiger partial charge in [-0.05, 0) is 0 Å². The lowest BCUT2D eigenvalue weighted by atomic mass is 10.8. The van der Waals surface area contributed by atoms with Crippen LogP contribution in [-0.2, 0) is 14.9 Å². The van der Waals surface area contributed by atoms with E-state index in [-0.39, 0.29) is 10.7 Å². The number of hydrogen-bond donors (Lipinski definition) is 3. The molecule has 9 heteroatoms. The fourth-order valence-corrected chi connectivity index (χ4v) is 1.48. The zero-order valence-corrected chi connectivity index (χ0v) is 8.31. The number of thiazole rings is 1. The van der Waals surface area contributed by atoms with E-state index in [0.717, 1.165) is 11.3 Å². The third kappa shape index (κ3) is 3.68. The van der Waals surface area contributed by atoms with Crippen molar-refractivity contribution >= 4 is 27.4 Å². The number of rotatable bonds is 3. The quantitative estimate of drug-likeness (QED) is 0.477. The SMILES string of the molecule is N=c1[nH]c(OC(=O)CS(=O)(=O)O)cs1. The van der Waals surface area contributed by atoms with Gasteiger partial charge in [0.25, 0.3) is 10.1 Å². The second-order valence-electron chi connectivity index (χ2n) is 2.25. The lowest BCUT2D eigenvalue weighted by Gasteiger charge is -1.98. The minimum atomic E-state index is -4.37. The van der Waals surface area contributed by atoms with Gasteiger partial charge in [0.2, 0.25) is 5.88 Å². The standard InChI is InChI=1S/C5H6N2O5S2/c6-5-7-3(1-13-5)12-4(8)2-14(9,10)11/h1H,2H2,(H2,6,7)(H,9,10,11). The molecule has 0 spiro atoms. The van der Waals surface area contributed by atoms with E-state index < -0.39 is 21.8 Å². The van der Waals surface area contributed by atoms with Crippen LogP contribution in [0.1, 0.15) is 0 Å². The molecule has 1 aromatic rings. The predicted octanol–water partition coefficient (Wildman–Crippen LogP) is -0.651. The van der Waals surface area contributed by atoms with Gasteiger partial charge in [-0.15, -0.1) is 11.3 Å². The molecule has 0 unspecified atom stereocenters. The highest BCUT2D eigenvalue weighted by Gasteiger charge is 2.15. The highest BCUT2D eigenvalue weighted by atomic mass is 32.2. The summed E-state index contributed by atoms with van der Waals surface area (Å²) in [4.78, 5) is 13.2. The van der Waals surface area contributed by atoms with Gasteiger partial charge in [-0.1, -0.05) is 0 Å². The van der Waals surface area contributed by atoms with E-state index in [0.29, 0.717) is 0 Å². The molecule has 0 bridgehead atoms. The second-order valence-corrected chi connectivity index (χ2v) is 4.59. The first kappa shape index (κ1) is 10.9. The van der Waals surface area contributed by atoms with Gasteiger partial charge in [0.05, 0.1) is 5.38 Å². The minimum absolute atomic E-state index is 0.0198. The molecule has 14 heavy (non-hydrogen) atoms. The van der Waals surface area contributed by atoms with Crippen LogP contribution in [0.2, 0.25) is 0 Å². The monoisotopic (exact) mass is 238 g/mol. The van der Waals surface area contributed by atoms with E-state index in [1.165, 1.54) is 5.38 Å². The zero-order valence-electron chi connectivity index (χ0n) is 6.68. The lowest BCUT2D eigenvalue weighted by molar-refractivity contribution is -0.131. The molecule has 0 aromatic carbocycles. The van der Waals surface area contributed by atoms with Crippen molar-refractivity contribution < 1.29 is 22.5 Å². The smallest absolute Gasteiger partial charge is 0.330 e. The molecule has 3 N–H and O–H groups in total. The third-order valence-electron chi connectivity index (χ3n) is 1.04. The highest BCUT2D eigenvalue weighted by Crippen LogP contribution is 2.05. The Morgan fingerprint density at radius 3 is 2.79 bits per heavy atom. The van der Waals surface area contributed by atoms with Crippen LogP contribution in [0.4, 0.5) is 0 Å². The number of carbonyl (C=O) groups is 1. The molecule has 0 atom stereocenters. The fourth-order valence-electron chi connectivity index (χ4n) is 0.634. The molecule has 0 saturated heterocycles. The number of hydrogen-bond acceptors (Lipinski definition) is 6. The van der Waals surface area contributed by atoms with Crippen LogP contribution in [-0.4, -0.2) is 29.7 Å². The summed E-state index contributed by atoms with van der Waals surface area (Å²) < 4.78 is 33.3. The van der Waals surface area contributed by atoms with Crippen LogP contribution in [0, 0.1) is 5.41 Å². The fraction of sp³-hybridized carbons (Fsp3) is 0.200. The predicted molar refractivity (Wildman–Crippen MR) is 46.6 cm³/mol. The lowest BCUT2D eigenvalue weighted by Crippen LogP contribution is -2.20. The maximum absolute atomic E-state index is 10.8. The molecule has 1 rings (SSSR count). The summed E-state index contributed by atoms with van der Waals surface area (Å²) in [6.07, 6.45) is 0. The number of esters is 1. The Bertz CT molecular complexity index is 484. The minimum Gasteiger partial charge on any atom is -0.408 e. The average Bonchev–Trinajstić information content (AvgIpc) is 2.30. The molecule has 7 nitrogen and oxygen atoms in total. The van der Waals surface area contributed by atoms with E-state index in [1.807, 2.05) is 0 Å². The Morgan fingerprint density at radius 2 is 2.36 bits per heavy atom. The molecular weight excluding hydrogens is 232 g/mol. The summed E-state index contributed by atoms with van der Waals surface area (Å²) in [5, 5.41) is 8.38. The molecule has 0 fully saturated rings. The van der Waals surface area contributed by atoms with Crippen LogP contribution >= 0.6 is 11.3 Å². The molecule has 78 valence electrons. The molecule has 0 aliphatic rings.